The van der Waals surface area contributed by atoms with Gasteiger partial charge in [0, 0.05) is 4.88 Å². The van der Waals surface area contributed by atoms with Crippen molar-refractivity contribution in [1.29, 1.82) is 0 Å². The van der Waals surface area contributed by atoms with Gasteiger partial charge in [0.1, 0.15) is 4.21 Å². The second-order valence-corrected chi connectivity index (χ2v) is 8.33. The largest absolute Gasteiger partial charge is 0.325 e. The summed E-state index contributed by atoms with van der Waals surface area (Å²) in [5.41, 5.74) is 4.67. The molecule has 0 unspecified atom stereocenters. The number of nitrogens with one attached hydrogen (secondary N) is 1. The van der Waals surface area contributed by atoms with Crippen LogP contribution in [0.4, 0.5) is 8.78 Å². The van der Waals surface area contributed by atoms with E-state index in [-0.39, 0.29) is 9.62 Å². The van der Waals surface area contributed by atoms with Gasteiger partial charge in [-0.15, -0.1) is 11.3 Å². The summed E-state index contributed by atoms with van der Waals surface area (Å²) in [5, 5.41) is 0. The zero-order valence-corrected chi connectivity index (χ0v) is 12.7. The van der Waals surface area contributed by atoms with E-state index in [1.165, 1.54) is 6.07 Å². The fraction of sp³-hybridized carbons (Fsp3) is 0.636. The number of hydrogen-bond acceptors (Lipinski definition) is 4. The van der Waals surface area contributed by atoms with Crippen molar-refractivity contribution in [2.24, 2.45) is 5.73 Å². The van der Waals surface area contributed by atoms with Crippen LogP contribution >= 0.6 is 11.3 Å². The van der Waals surface area contributed by atoms with Gasteiger partial charge >= 0.3 is 0 Å². The molecule has 0 saturated heterocycles. The van der Waals surface area contributed by atoms with Gasteiger partial charge < -0.3 is 5.73 Å². The second-order valence-electron chi connectivity index (χ2n) is 5.25. The van der Waals surface area contributed by atoms with E-state index in [0.717, 1.165) is 16.2 Å². The first-order chi connectivity index (χ1) is 8.48. The molecule has 0 aliphatic carbocycles. The summed E-state index contributed by atoms with van der Waals surface area (Å²) >= 11 is 1.08. The molecule has 0 atom stereocenters. The molecule has 1 aromatic rings. The molecule has 0 aliphatic rings. The zero-order chi connectivity index (χ0) is 14.9. The van der Waals surface area contributed by atoms with Crippen LogP contribution in [0.25, 0.3) is 0 Å². The van der Waals surface area contributed by atoms with Crippen molar-refractivity contribution in [3.63, 3.8) is 0 Å². The lowest BCUT2D eigenvalue weighted by Crippen LogP contribution is -2.41. The van der Waals surface area contributed by atoms with Gasteiger partial charge in [-0.05, 0) is 17.5 Å². The Morgan fingerprint density at radius 3 is 2.32 bits per heavy atom. The van der Waals surface area contributed by atoms with Gasteiger partial charge in [-0.25, -0.2) is 21.9 Å². The molecule has 1 rings (SSSR count). The Bertz CT molecular complexity index is 533. The van der Waals surface area contributed by atoms with Crippen molar-refractivity contribution in [3.05, 3.63) is 17.0 Å². The SMILES string of the molecule is CC(C)(C)c1ccc(S(=O)(=O)NCC(F)(F)CN)s1. The average molecular weight is 312 g/mol. The highest BCUT2D eigenvalue weighted by atomic mass is 32.2. The number of alkyl halides is 2. The van der Waals surface area contributed by atoms with E-state index in [2.05, 4.69) is 0 Å². The Balaban J connectivity index is 2.87. The first-order valence-corrected chi connectivity index (χ1v) is 7.96. The maximum atomic E-state index is 12.9. The molecule has 0 aliphatic heterocycles. The van der Waals surface area contributed by atoms with Gasteiger partial charge in [0.15, 0.2) is 0 Å². The summed E-state index contributed by atoms with van der Waals surface area (Å²) in [6.07, 6.45) is 0. The van der Waals surface area contributed by atoms with Crippen molar-refractivity contribution in [2.45, 2.75) is 36.3 Å². The molecule has 0 bridgehead atoms. The molecular weight excluding hydrogens is 294 g/mol. The van der Waals surface area contributed by atoms with Crippen LogP contribution in [0.2, 0.25) is 0 Å². The summed E-state index contributed by atoms with van der Waals surface area (Å²) in [4.78, 5) is 0.874. The smallest absolute Gasteiger partial charge is 0.273 e. The maximum absolute atomic E-state index is 12.9. The highest BCUT2D eigenvalue weighted by Gasteiger charge is 2.30. The van der Waals surface area contributed by atoms with Crippen LogP contribution in [0.15, 0.2) is 16.3 Å². The number of sulfonamides is 1. The minimum absolute atomic E-state index is 0.0326. The van der Waals surface area contributed by atoms with Crippen LogP contribution in [-0.4, -0.2) is 27.4 Å². The maximum Gasteiger partial charge on any atom is 0.273 e. The van der Waals surface area contributed by atoms with Crippen LogP contribution in [0, 0.1) is 0 Å². The topological polar surface area (TPSA) is 72.2 Å². The molecule has 0 saturated carbocycles. The molecule has 1 aromatic heterocycles. The van der Waals surface area contributed by atoms with Crippen LogP contribution in [0.3, 0.4) is 0 Å². The van der Waals surface area contributed by atoms with Crippen LogP contribution in [0.1, 0.15) is 25.6 Å². The van der Waals surface area contributed by atoms with Crippen LogP contribution < -0.4 is 10.5 Å². The normalized spacial score (nSPS) is 13.8. The molecule has 8 heteroatoms. The fourth-order valence-electron chi connectivity index (χ4n) is 1.21. The van der Waals surface area contributed by atoms with Crippen molar-refractivity contribution >= 4 is 21.4 Å². The molecule has 0 aromatic carbocycles. The van der Waals surface area contributed by atoms with Gasteiger partial charge in [-0.1, -0.05) is 20.8 Å². The third-order valence-electron chi connectivity index (χ3n) is 2.40. The van der Waals surface area contributed by atoms with E-state index < -0.39 is 29.0 Å². The molecule has 0 spiro atoms. The number of nitrogens with two attached hydrogens (primary N) is 1. The molecule has 3 N–H and O–H groups in total. The highest BCUT2D eigenvalue weighted by molar-refractivity contribution is 7.91. The standard InChI is InChI=1S/C11H18F2N2O2S2/c1-10(2,3)8-4-5-9(18-8)19(16,17)15-7-11(12,13)6-14/h4-5,15H,6-7,14H2,1-3H3. The van der Waals surface area contributed by atoms with Gasteiger partial charge in [0.05, 0.1) is 13.1 Å². The second kappa shape index (κ2) is 5.43. The highest BCUT2D eigenvalue weighted by Crippen LogP contribution is 2.31. The lowest BCUT2D eigenvalue weighted by molar-refractivity contribution is 0.0170. The first kappa shape index (κ1) is 16.5. The quantitative estimate of drug-likeness (QED) is 0.872. The summed E-state index contributed by atoms with van der Waals surface area (Å²) in [7, 11) is -3.91. The third-order valence-corrected chi connectivity index (χ3v) is 5.81. The number of halogens is 2. The fourth-order valence-corrected chi connectivity index (χ4v) is 3.68. The van der Waals surface area contributed by atoms with E-state index in [0.29, 0.717) is 0 Å². The summed E-state index contributed by atoms with van der Waals surface area (Å²) in [5.74, 6) is -3.24. The summed E-state index contributed by atoms with van der Waals surface area (Å²) < 4.78 is 51.5. The number of hydrogen-bond donors (Lipinski definition) is 2. The Labute approximate surface area is 116 Å². The molecule has 110 valence electrons. The van der Waals surface area contributed by atoms with Gasteiger partial charge in [0.2, 0.25) is 10.0 Å². The molecular formula is C11H18F2N2O2S2. The molecule has 19 heavy (non-hydrogen) atoms. The Morgan fingerprint density at radius 2 is 1.89 bits per heavy atom. The lowest BCUT2D eigenvalue weighted by Gasteiger charge is -2.15. The minimum Gasteiger partial charge on any atom is -0.325 e. The predicted molar refractivity (Wildman–Crippen MR) is 72.2 cm³/mol. The first-order valence-electron chi connectivity index (χ1n) is 5.66. The Hall–Kier alpha value is -0.570. The van der Waals surface area contributed by atoms with E-state index in [1.54, 1.807) is 6.07 Å². The average Bonchev–Trinajstić information content (AvgIpc) is 2.76. The lowest BCUT2D eigenvalue weighted by atomic mass is 9.95. The Morgan fingerprint density at radius 1 is 1.32 bits per heavy atom. The van der Waals surface area contributed by atoms with Crippen molar-refractivity contribution in [2.75, 3.05) is 13.1 Å². The van der Waals surface area contributed by atoms with E-state index in [1.807, 2.05) is 25.5 Å². The van der Waals surface area contributed by atoms with Crippen molar-refractivity contribution < 1.29 is 17.2 Å². The molecule has 1 heterocycles. The molecule has 0 radical (unpaired) electrons. The van der Waals surface area contributed by atoms with Crippen LogP contribution in [0.5, 0.6) is 0 Å². The van der Waals surface area contributed by atoms with Gasteiger partial charge in [-0.3, -0.25) is 0 Å². The third kappa shape index (κ3) is 4.48. The number of rotatable bonds is 5. The number of thiophene rings is 1. The minimum atomic E-state index is -3.91. The van der Waals surface area contributed by atoms with E-state index >= 15 is 0 Å². The summed E-state index contributed by atoms with van der Waals surface area (Å²) in [6, 6.07) is 3.12. The van der Waals surface area contributed by atoms with Gasteiger partial charge in [0.25, 0.3) is 5.92 Å². The van der Waals surface area contributed by atoms with Crippen molar-refractivity contribution in [1.82, 2.24) is 4.72 Å². The van der Waals surface area contributed by atoms with E-state index in [4.69, 9.17) is 5.73 Å². The monoisotopic (exact) mass is 312 g/mol. The van der Waals surface area contributed by atoms with Crippen LogP contribution in [-0.2, 0) is 15.4 Å². The Kier molecular flexibility index (Phi) is 4.71. The molecule has 0 fully saturated rings. The van der Waals surface area contributed by atoms with Gasteiger partial charge in [-0.2, -0.15) is 0 Å². The molecule has 0 amide bonds. The zero-order valence-electron chi connectivity index (χ0n) is 11.0. The molecule has 4 nitrogen and oxygen atoms in total. The summed E-state index contributed by atoms with van der Waals surface area (Å²) in [6.45, 7) is 3.96. The van der Waals surface area contributed by atoms with E-state index in [9.17, 15) is 17.2 Å². The van der Waals surface area contributed by atoms with Crippen molar-refractivity contribution in [3.8, 4) is 0 Å². The predicted octanol–water partition coefficient (Wildman–Crippen LogP) is 1.92.